The van der Waals surface area contributed by atoms with E-state index in [4.69, 9.17) is 0 Å². The van der Waals surface area contributed by atoms with Gasteiger partial charge >= 0.3 is 0 Å². The van der Waals surface area contributed by atoms with E-state index in [0.717, 1.165) is 63.9 Å². The van der Waals surface area contributed by atoms with E-state index in [0.29, 0.717) is 17.7 Å². The summed E-state index contributed by atoms with van der Waals surface area (Å²) in [5.74, 6) is 2.44. The first-order chi connectivity index (χ1) is 10.7. The molecule has 0 aromatic heterocycles. The van der Waals surface area contributed by atoms with Crippen molar-refractivity contribution in [3.63, 3.8) is 0 Å². The van der Waals surface area contributed by atoms with Gasteiger partial charge < -0.3 is 9.80 Å². The van der Waals surface area contributed by atoms with E-state index in [-0.39, 0.29) is 10.8 Å². The van der Waals surface area contributed by atoms with Gasteiger partial charge in [-0.25, -0.2) is 0 Å². The first-order valence-electron chi connectivity index (χ1n) is 8.94. The van der Waals surface area contributed by atoms with Crippen molar-refractivity contribution in [3.05, 3.63) is 0 Å². The maximum Gasteiger partial charge on any atom is 0.226 e. The van der Waals surface area contributed by atoms with Gasteiger partial charge in [-0.2, -0.15) is 0 Å². The SMILES string of the molecule is O=C(C1CC1)N1CCC2(CC1)SCCN2C(=O)C1CCCC1. The summed E-state index contributed by atoms with van der Waals surface area (Å²) in [5.41, 5.74) is 0. The van der Waals surface area contributed by atoms with Crippen LogP contribution in [0.15, 0.2) is 0 Å². The Hall–Kier alpha value is -0.710. The molecule has 5 heteroatoms. The van der Waals surface area contributed by atoms with Crippen LogP contribution in [0.5, 0.6) is 0 Å². The molecule has 0 atom stereocenters. The Kier molecular flexibility index (Phi) is 3.87. The summed E-state index contributed by atoms with van der Waals surface area (Å²) in [6, 6.07) is 0. The van der Waals surface area contributed by atoms with Crippen LogP contribution >= 0.6 is 11.8 Å². The van der Waals surface area contributed by atoms with E-state index < -0.39 is 0 Å². The Morgan fingerprint density at radius 2 is 1.50 bits per heavy atom. The molecule has 0 N–H and O–H groups in total. The Morgan fingerprint density at radius 3 is 2.14 bits per heavy atom. The summed E-state index contributed by atoms with van der Waals surface area (Å²) in [5, 5.41) is 0. The molecule has 0 bridgehead atoms. The van der Waals surface area contributed by atoms with Crippen LogP contribution in [0.25, 0.3) is 0 Å². The van der Waals surface area contributed by atoms with Crippen molar-refractivity contribution in [2.75, 3.05) is 25.4 Å². The van der Waals surface area contributed by atoms with Crippen molar-refractivity contribution in [2.45, 2.75) is 56.2 Å². The highest BCUT2D eigenvalue weighted by atomic mass is 32.2. The molecule has 0 aromatic carbocycles. The third kappa shape index (κ3) is 2.55. The number of hydrogen-bond acceptors (Lipinski definition) is 3. The molecule has 0 aromatic rings. The normalized spacial score (nSPS) is 28.5. The molecule has 4 rings (SSSR count). The minimum atomic E-state index is 0.00000425. The summed E-state index contributed by atoms with van der Waals surface area (Å²) in [7, 11) is 0. The Morgan fingerprint density at radius 1 is 0.864 bits per heavy atom. The third-order valence-corrected chi connectivity index (χ3v) is 7.48. The molecule has 2 aliphatic carbocycles. The fraction of sp³-hybridized carbons (Fsp3) is 0.882. The lowest BCUT2D eigenvalue weighted by atomic mass is 9.98. The van der Waals surface area contributed by atoms with E-state index in [2.05, 4.69) is 9.80 Å². The second kappa shape index (κ2) is 5.73. The van der Waals surface area contributed by atoms with Crippen LogP contribution in [0.2, 0.25) is 0 Å². The highest BCUT2D eigenvalue weighted by molar-refractivity contribution is 8.00. The summed E-state index contributed by atoms with van der Waals surface area (Å²) >= 11 is 1.97. The van der Waals surface area contributed by atoms with Crippen LogP contribution < -0.4 is 0 Å². The monoisotopic (exact) mass is 322 g/mol. The lowest BCUT2D eigenvalue weighted by molar-refractivity contribution is -0.140. The maximum absolute atomic E-state index is 12.9. The standard InChI is InChI=1S/C17H26N2O2S/c20-15(14-5-6-14)18-9-7-17(8-10-18)19(11-12-22-17)16(21)13-3-1-2-4-13/h13-14H,1-12H2. The van der Waals surface area contributed by atoms with Crippen LogP contribution in [0.1, 0.15) is 51.4 Å². The molecule has 0 radical (unpaired) electrons. The second-order valence-electron chi connectivity index (χ2n) is 7.37. The summed E-state index contributed by atoms with van der Waals surface area (Å²) in [6.45, 7) is 2.60. The van der Waals surface area contributed by atoms with Crippen LogP contribution in [-0.4, -0.2) is 51.9 Å². The predicted molar refractivity (Wildman–Crippen MR) is 87.4 cm³/mol. The van der Waals surface area contributed by atoms with Gasteiger partial charge in [-0.3, -0.25) is 9.59 Å². The number of hydrogen-bond donors (Lipinski definition) is 0. The largest absolute Gasteiger partial charge is 0.342 e. The number of likely N-dealkylation sites (tertiary alicyclic amines) is 1. The lowest BCUT2D eigenvalue weighted by Crippen LogP contribution is -2.54. The van der Waals surface area contributed by atoms with Crippen LogP contribution in [0, 0.1) is 11.8 Å². The molecule has 122 valence electrons. The number of nitrogens with zero attached hydrogens (tertiary/aromatic N) is 2. The minimum Gasteiger partial charge on any atom is -0.342 e. The van der Waals surface area contributed by atoms with Crippen LogP contribution in [0.4, 0.5) is 0 Å². The number of thioether (sulfide) groups is 1. The Labute approximate surface area is 137 Å². The number of carbonyl (C=O) groups excluding carboxylic acids is 2. The quantitative estimate of drug-likeness (QED) is 0.784. The lowest BCUT2D eigenvalue weighted by Gasteiger charge is -2.45. The van der Waals surface area contributed by atoms with Crippen molar-refractivity contribution in [1.82, 2.24) is 9.80 Å². The number of rotatable bonds is 2. The maximum atomic E-state index is 12.9. The fourth-order valence-corrected chi connectivity index (χ4v) is 5.85. The molecular weight excluding hydrogens is 296 g/mol. The van der Waals surface area contributed by atoms with Gasteiger partial charge in [0.2, 0.25) is 11.8 Å². The smallest absolute Gasteiger partial charge is 0.226 e. The van der Waals surface area contributed by atoms with Crippen LogP contribution in [-0.2, 0) is 9.59 Å². The molecule has 4 aliphatic rings. The van der Waals surface area contributed by atoms with Gasteiger partial charge in [-0.05, 0) is 38.5 Å². The van der Waals surface area contributed by atoms with Gasteiger partial charge in [0.05, 0.1) is 4.87 Å². The molecule has 2 saturated heterocycles. The fourth-order valence-electron chi connectivity index (χ4n) is 4.39. The van der Waals surface area contributed by atoms with Gasteiger partial charge in [0.25, 0.3) is 0 Å². The molecule has 2 amide bonds. The van der Waals surface area contributed by atoms with E-state index in [9.17, 15) is 9.59 Å². The first kappa shape index (κ1) is 14.9. The zero-order valence-corrected chi connectivity index (χ0v) is 14.1. The zero-order chi connectivity index (χ0) is 15.2. The summed E-state index contributed by atoms with van der Waals surface area (Å²) < 4.78 is 0. The molecule has 2 saturated carbocycles. The predicted octanol–water partition coefficient (Wildman–Crippen LogP) is 2.48. The molecule has 4 nitrogen and oxygen atoms in total. The van der Waals surface area contributed by atoms with Gasteiger partial charge in [-0.1, -0.05) is 12.8 Å². The van der Waals surface area contributed by atoms with E-state index in [1.807, 2.05) is 11.8 Å². The highest BCUT2D eigenvalue weighted by Gasteiger charge is 2.49. The minimum absolute atomic E-state index is 0.00000425. The van der Waals surface area contributed by atoms with E-state index >= 15 is 0 Å². The van der Waals surface area contributed by atoms with Gasteiger partial charge in [0, 0.05) is 37.2 Å². The van der Waals surface area contributed by atoms with Gasteiger partial charge in [-0.15, -0.1) is 11.8 Å². The average Bonchev–Trinajstić information content (AvgIpc) is 3.09. The van der Waals surface area contributed by atoms with Crippen LogP contribution in [0.3, 0.4) is 0 Å². The average molecular weight is 322 g/mol. The Bertz CT molecular complexity index is 463. The summed E-state index contributed by atoms with van der Waals surface area (Å²) in [6.07, 6.45) is 8.71. The molecule has 22 heavy (non-hydrogen) atoms. The first-order valence-corrected chi connectivity index (χ1v) is 9.92. The molecule has 1 spiro atoms. The van der Waals surface area contributed by atoms with Crippen molar-refractivity contribution in [3.8, 4) is 0 Å². The summed E-state index contributed by atoms with van der Waals surface area (Å²) in [4.78, 5) is 29.4. The molecule has 2 aliphatic heterocycles. The third-order valence-electron chi connectivity index (χ3n) is 5.93. The number of carbonyl (C=O) groups is 2. The van der Waals surface area contributed by atoms with Crippen molar-refractivity contribution in [2.24, 2.45) is 11.8 Å². The highest BCUT2D eigenvalue weighted by Crippen LogP contribution is 2.46. The Balaban J connectivity index is 1.42. The van der Waals surface area contributed by atoms with Crippen molar-refractivity contribution in [1.29, 1.82) is 0 Å². The second-order valence-corrected chi connectivity index (χ2v) is 8.82. The van der Waals surface area contributed by atoms with Crippen molar-refractivity contribution >= 4 is 23.6 Å². The topological polar surface area (TPSA) is 40.6 Å². The van der Waals surface area contributed by atoms with E-state index in [1.165, 1.54) is 12.8 Å². The number of piperidine rings is 1. The van der Waals surface area contributed by atoms with Crippen molar-refractivity contribution < 1.29 is 9.59 Å². The van der Waals surface area contributed by atoms with Gasteiger partial charge in [0.1, 0.15) is 0 Å². The number of amides is 2. The van der Waals surface area contributed by atoms with E-state index in [1.54, 1.807) is 0 Å². The zero-order valence-electron chi connectivity index (χ0n) is 13.3. The molecule has 2 heterocycles. The molecule has 4 fully saturated rings. The molecular formula is C17H26N2O2S. The molecule has 0 unspecified atom stereocenters. The van der Waals surface area contributed by atoms with Gasteiger partial charge in [0.15, 0.2) is 0 Å².